The van der Waals surface area contributed by atoms with Gasteiger partial charge in [-0.15, -0.1) is 0 Å². The minimum atomic E-state index is -0.0650. The highest BCUT2D eigenvalue weighted by molar-refractivity contribution is 9.10. The molecule has 0 bridgehead atoms. The van der Waals surface area contributed by atoms with E-state index in [1.165, 1.54) is 0 Å². The van der Waals surface area contributed by atoms with Crippen LogP contribution in [0.5, 0.6) is 11.5 Å². The van der Waals surface area contributed by atoms with Gasteiger partial charge in [0.05, 0.1) is 6.61 Å². The summed E-state index contributed by atoms with van der Waals surface area (Å²) in [5, 5.41) is 7.42. The number of anilines is 2. The topological polar surface area (TPSA) is 59.6 Å². The highest BCUT2D eigenvalue weighted by atomic mass is 79.9. The number of carbonyl (C=O) groups is 1. The smallest absolute Gasteiger partial charge is 0.226 e. The summed E-state index contributed by atoms with van der Waals surface area (Å²) in [7, 11) is 0. The van der Waals surface area contributed by atoms with Crippen LogP contribution in [0.2, 0.25) is 10.0 Å². The summed E-state index contributed by atoms with van der Waals surface area (Å²) in [5.74, 6) is 1.20. The SMILES string of the molecule is CCOc1cc(CNc2ccc(NC(=O)C(C)C)cc2)c(Br)cc1OCc1ccc(Cl)cc1Cl. The van der Waals surface area contributed by atoms with Crippen molar-refractivity contribution in [1.82, 2.24) is 0 Å². The van der Waals surface area contributed by atoms with Gasteiger partial charge in [-0.05, 0) is 61.0 Å². The normalized spacial score (nSPS) is 10.8. The number of carbonyl (C=O) groups excluding carboxylic acids is 1. The highest BCUT2D eigenvalue weighted by Gasteiger charge is 2.13. The van der Waals surface area contributed by atoms with Gasteiger partial charge in [0, 0.05) is 43.9 Å². The van der Waals surface area contributed by atoms with Gasteiger partial charge < -0.3 is 20.1 Å². The molecule has 34 heavy (non-hydrogen) atoms. The Hall–Kier alpha value is -2.41. The molecule has 1 amide bonds. The maximum atomic E-state index is 11.8. The molecule has 0 aliphatic carbocycles. The average Bonchev–Trinajstić information content (AvgIpc) is 2.80. The Kier molecular flexibility index (Phi) is 9.51. The molecule has 0 radical (unpaired) electrons. The van der Waals surface area contributed by atoms with Crippen LogP contribution in [0.25, 0.3) is 0 Å². The third kappa shape index (κ3) is 7.29. The monoisotopic (exact) mass is 564 g/mol. The second-order valence-electron chi connectivity index (χ2n) is 7.92. The number of amides is 1. The van der Waals surface area contributed by atoms with Crippen LogP contribution in [0.15, 0.2) is 59.1 Å². The maximum absolute atomic E-state index is 11.8. The fraction of sp³-hybridized carbons (Fsp3) is 0.269. The molecule has 0 saturated carbocycles. The number of hydrogen-bond donors (Lipinski definition) is 2. The average molecular weight is 566 g/mol. The third-order valence-corrected chi connectivity index (χ3v) is 6.30. The van der Waals surface area contributed by atoms with Crippen molar-refractivity contribution in [3.05, 3.63) is 80.2 Å². The highest BCUT2D eigenvalue weighted by Crippen LogP contribution is 2.35. The Balaban J connectivity index is 1.68. The van der Waals surface area contributed by atoms with Gasteiger partial charge in [0.1, 0.15) is 6.61 Å². The summed E-state index contributed by atoms with van der Waals surface area (Å²) in [5.41, 5.74) is 3.55. The molecule has 0 atom stereocenters. The lowest BCUT2D eigenvalue weighted by atomic mass is 10.1. The molecule has 0 heterocycles. The van der Waals surface area contributed by atoms with Crippen molar-refractivity contribution in [3.63, 3.8) is 0 Å². The predicted octanol–water partition coefficient (Wildman–Crippen LogP) is 7.94. The molecular formula is C26H27BrCl2N2O3. The van der Waals surface area contributed by atoms with Crippen LogP contribution < -0.4 is 20.1 Å². The lowest BCUT2D eigenvalue weighted by molar-refractivity contribution is -0.118. The summed E-state index contributed by atoms with van der Waals surface area (Å²) in [6.07, 6.45) is 0. The van der Waals surface area contributed by atoms with Gasteiger partial charge in [-0.3, -0.25) is 4.79 Å². The van der Waals surface area contributed by atoms with Crippen molar-refractivity contribution in [3.8, 4) is 11.5 Å². The molecule has 0 aliphatic heterocycles. The van der Waals surface area contributed by atoms with Crippen molar-refractivity contribution < 1.29 is 14.3 Å². The number of halogens is 3. The van der Waals surface area contributed by atoms with Gasteiger partial charge in [-0.25, -0.2) is 0 Å². The van der Waals surface area contributed by atoms with E-state index in [2.05, 4.69) is 26.6 Å². The van der Waals surface area contributed by atoms with Gasteiger partial charge in [0.2, 0.25) is 5.91 Å². The van der Waals surface area contributed by atoms with Gasteiger partial charge in [-0.1, -0.05) is 59.0 Å². The Morgan fingerprint density at radius 3 is 2.26 bits per heavy atom. The Labute approximate surface area is 218 Å². The van der Waals surface area contributed by atoms with Crippen molar-refractivity contribution in [2.75, 3.05) is 17.2 Å². The van der Waals surface area contributed by atoms with Crippen molar-refractivity contribution in [2.45, 2.75) is 33.9 Å². The van der Waals surface area contributed by atoms with Crippen LogP contribution in [-0.4, -0.2) is 12.5 Å². The van der Waals surface area contributed by atoms with E-state index in [0.29, 0.717) is 41.3 Å². The maximum Gasteiger partial charge on any atom is 0.226 e. The van der Waals surface area contributed by atoms with E-state index in [1.54, 1.807) is 12.1 Å². The second kappa shape index (κ2) is 12.3. The van der Waals surface area contributed by atoms with Crippen molar-refractivity contribution >= 4 is 56.4 Å². The minimum Gasteiger partial charge on any atom is -0.490 e. The van der Waals surface area contributed by atoms with Gasteiger partial charge in [-0.2, -0.15) is 0 Å². The molecule has 0 aliphatic rings. The van der Waals surface area contributed by atoms with E-state index in [9.17, 15) is 4.79 Å². The van der Waals surface area contributed by atoms with Crippen LogP contribution in [0.4, 0.5) is 11.4 Å². The molecule has 0 spiro atoms. The fourth-order valence-corrected chi connectivity index (χ4v) is 3.97. The first kappa shape index (κ1) is 26.2. The Bertz CT molecular complexity index is 1140. The molecule has 0 fully saturated rings. The molecule has 3 aromatic carbocycles. The lowest BCUT2D eigenvalue weighted by Crippen LogP contribution is -2.17. The van der Waals surface area contributed by atoms with E-state index in [0.717, 1.165) is 27.0 Å². The molecule has 5 nitrogen and oxygen atoms in total. The second-order valence-corrected chi connectivity index (χ2v) is 9.62. The first-order valence-electron chi connectivity index (χ1n) is 10.9. The van der Waals surface area contributed by atoms with Crippen LogP contribution in [-0.2, 0) is 17.9 Å². The van der Waals surface area contributed by atoms with Crippen molar-refractivity contribution in [2.24, 2.45) is 5.92 Å². The zero-order valence-corrected chi connectivity index (χ0v) is 22.4. The number of hydrogen-bond acceptors (Lipinski definition) is 4. The molecule has 3 aromatic rings. The van der Waals surface area contributed by atoms with E-state index in [-0.39, 0.29) is 11.8 Å². The fourth-order valence-electron chi connectivity index (χ4n) is 3.04. The molecule has 180 valence electrons. The van der Waals surface area contributed by atoms with E-state index in [4.69, 9.17) is 32.7 Å². The van der Waals surface area contributed by atoms with Gasteiger partial charge in [0.15, 0.2) is 11.5 Å². The first-order valence-corrected chi connectivity index (χ1v) is 12.5. The number of nitrogens with one attached hydrogen (secondary N) is 2. The van der Waals surface area contributed by atoms with Gasteiger partial charge >= 0.3 is 0 Å². The van der Waals surface area contributed by atoms with E-state index in [1.807, 2.05) is 63.2 Å². The molecule has 0 saturated heterocycles. The standard InChI is InChI=1S/C26H27BrCl2N2O3/c1-4-33-24-11-18(14-30-20-7-9-21(10-8-20)31-26(32)16(2)3)22(27)13-25(24)34-15-17-5-6-19(28)12-23(17)29/h5-13,16,30H,4,14-15H2,1-3H3,(H,31,32). The third-order valence-electron chi connectivity index (χ3n) is 4.97. The number of rotatable bonds is 10. The predicted molar refractivity (Wildman–Crippen MR) is 143 cm³/mol. The Morgan fingerprint density at radius 1 is 0.941 bits per heavy atom. The summed E-state index contributed by atoms with van der Waals surface area (Å²) in [6, 6.07) is 16.8. The zero-order valence-electron chi connectivity index (χ0n) is 19.3. The van der Waals surface area contributed by atoms with Gasteiger partial charge in [0.25, 0.3) is 0 Å². The van der Waals surface area contributed by atoms with E-state index >= 15 is 0 Å². The van der Waals surface area contributed by atoms with E-state index < -0.39 is 0 Å². The molecule has 0 unspecified atom stereocenters. The number of ether oxygens (including phenoxy) is 2. The van der Waals surface area contributed by atoms with Crippen LogP contribution in [0.3, 0.4) is 0 Å². The summed E-state index contributed by atoms with van der Waals surface area (Å²) < 4.78 is 12.7. The Morgan fingerprint density at radius 2 is 1.62 bits per heavy atom. The van der Waals surface area contributed by atoms with Crippen molar-refractivity contribution in [1.29, 1.82) is 0 Å². The molecule has 3 rings (SSSR count). The molecular weight excluding hydrogens is 539 g/mol. The quantitative estimate of drug-likeness (QED) is 0.262. The zero-order chi connectivity index (χ0) is 24.7. The summed E-state index contributed by atoms with van der Waals surface area (Å²) in [4.78, 5) is 11.8. The summed E-state index contributed by atoms with van der Waals surface area (Å²) in [6.45, 7) is 7.03. The van der Waals surface area contributed by atoms with Crippen LogP contribution in [0, 0.1) is 5.92 Å². The lowest BCUT2D eigenvalue weighted by Gasteiger charge is -2.16. The van der Waals surface area contributed by atoms with Crippen LogP contribution in [0.1, 0.15) is 31.9 Å². The van der Waals surface area contributed by atoms with Crippen LogP contribution >= 0.6 is 39.1 Å². The molecule has 0 aromatic heterocycles. The minimum absolute atomic E-state index is 0.00580. The largest absolute Gasteiger partial charge is 0.490 e. The summed E-state index contributed by atoms with van der Waals surface area (Å²) >= 11 is 15.9. The number of benzene rings is 3. The first-order chi connectivity index (χ1) is 16.3. The molecule has 8 heteroatoms. The molecule has 2 N–H and O–H groups in total.